The molecule has 4 rings (SSSR count). The summed E-state index contributed by atoms with van der Waals surface area (Å²) in [6, 6.07) is 15.8. The van der Waals surface area contributed by atoms with Gasteiger partial charge in [-0.2, -0.15) is 9.78 Å². The van der Waals surface area contributed by atoms with Crippen LogP contribution in [0.25, 0.3) is 11.4 Å². The average molecular weight is 401 g/mol. The van der Waals surface area contributed by atoms with Gasteiger partial charge in [0.25, 0.3) is 0 Å². The fourth-order valence-electron chi connectivity index (χ4n) is 2.48. The minimum atomic E-state index is 0.726. The smallest absolute Gasteiger partial charge is 0.212 e. The first-order valence-electron chi connectivity index (χ1n) is 7.31. The van der Waals surface area contributed by atoms with Gasteiger partial charge in [-0.05, 0) is 30.3 Å². The number of hydrogen-bond acceptors (Lipinski definition) is 5. The molecule has 0 radical (unpaired) electrons. The van der Waals surface area contributed by atoms with E-state index in [4.69, 9.17) is 9.84 Å². The van der Waals surface area contributed by atoms with Crippen molar-refractivity contribution in [1.82, 2.24) is 14.9 Å². The van der Waals surface area contributed by atoms with E-state index in [2.05, 4.69) is 32.2 Å². The van der Waals surface area contributed by atoms with Crippen LogP contribution in [0.1, 0.15) is 5.56 Å². The van der Waals surface area contributed by atoms with Crippen LogP contribution in [0.5, 0.6) is 5.75 Å². The van der Waals surface area contributed by atoms with Crippen molar-refractivity contribution in [3.8, 4) is 17.1 Å². The van der Waals surface area contributed by atoms with Gasteiger partial charge in [-0.15, -0.1) is 10.2 Å². The van der Waals surface area contributed by atoms with E-state index in [0.717, 1.165) is 43.8 Å². The molecule has 0 saturated carbocycles. The average Bonchev–Trinajstić information content (AvgIpc) is 3.05. The third kappa shape index (κ3) is 2.74. The molecule has 0 fully saturated rings. The van der Waals surface area contributed by atoms with Crippen molar-refractivity contribution in [3.63, 3.8) is 0 Å². The second-order valence-electron chi connectivity index (χ2n) is 5.16. The number of halogens is 1. The highest BCUT2D eigenvalue weighted by molar-refractivity contribution is 9.10. The second kappa shape index (κ2) is 6.41. The lowest BCUT2D eigenvalue weighted by Crippen LogP contribution is -2.14. The zero-order chi connectivity index (χ0) is 16.5. The maximum atomic E-state index is 5.21. The van der Waals surface area contributed by atoms with Crippen LogP contribution in [0.15, 0.2) is 63.3 Å². The van der Waals surface area contributed by atoms with Gasteiger partial charge in [-0.1, -0.05) is 45.9 Å². The van der Waals surface area contributed by atoms with Crippen LogP contribution in [0, 0.1) is 0 Å². The summed E-state index contributed by atoms with van der Waals surface area (Å²) >= 11 is 5.23. The van der Waals surface area contributed by atoms with E-state index >= 15 is 0 Å². The maximum Gasteiger partial charge on any atom is 0.212 e. The van der Waals surface area contributed by atoms with Crippen LogP contribution in [-0.4, -0.2) is 33.4 Å². The molecule has 1 aromatic heterocycles. The molecule has 2 aromatic carbocycles. The largest absolute Gasteiger partial charge is 0.497 e. The maximum absolute atomic E-state index is 5.21. The van der Waals surface area contributed by atoms with Crippen molar-refractivity contribution in [2.45, 2.75) is 5.16 Å². The zero-order valence-corrected chi connectivity index (χ0v) is 15.2. The Bertz CT molecular complexity index is 921. The molecule has 0 saturated heterocycles. The van der Waals surface area contributed by atoms with Crippen molar-refractivity contribution in [3.05, 3.63) is 58.6 Å². The minimum absolute atomic E-state index is 0.726. The molecule has 0 atom stereocenters. The van der Waals surface area contributed by atoms with Crippen molar-refractivity contribution in [2.75, 3.05) is 12.9 Å². The lowest BCUT2D eigenvalue weighted by Gasteiger charge is -2.15. The van der Waals surface area contributed by atoms with E-state index in [1.54, 1.807) is 18.9 Å². The van der Waals surface area contributed by atoms with Gasteiger partial charge >= 0.3 is 0 Å². The van der Waals surface area contributed by atoms with E-state index in [1.807, 2.05) is 47.1 Å². The van der Waals surface area contributed by atoms with E-state index in [0.29, 0.717) is 0 Å². The Kier molecular flexibility index (Phi) is 4.12. The van der Waals surface area contributed by atoms with E-state index < -0.39 is 0 Å². The molecule has 0 aliphatic carbocycles. The lowest BCUT2D eigenvalue weighted by molar-refractivity contribution is 0.415. The molecule has 5 nitrogen and oxygen atoms in total. The van der Waals surface area contributed by atoms with Gasteiger partial charge in [0.1, 0.15) is 5.75 Å². The van der Waals surface area contributed by atoms with Crippen LogP contribution in [0.3, 0.4) is 0 Å². The van der Waals surface area contributed by atoms with Gasteiger partial charge in [-0.3, -0.25) is 0 Å². The summed E-state index contributed by atoms with van der Waals surface area (Å²) in [5.74, 6) is 2.30. The highest BCUT2D eigenvalue weighted by Crippen LogP contribution is 2.30. The predicted molar refractivity (Wildman–Crippen MR) is 98.8 cm³/mol. The van der Waals surface area contributed by atoms with Gasteiger partial charge in [0, 0.05) is 21.4 Å². The fraction of sp³-hybridized carbons (Fsp3) is 0.118. The Morgan fingerprint density at radius 1 is 1.08 bits per heavy atom. The van der Waals surface area contributed by atoms with Crippen LogP contribution < -0.4 is 4.74 Å². The van der Waals surface area contributed by atoms with Gasteiger partial charge in [0.05, 0.1) is 12.8 Å². The van der Waals surface area contributed by atoms with Gasteiger partial charge in [0.15, 0.2) is 5.82 Å². The van der Waals surface area contributed by atoms with E-state index in [1.165, 1.54) is 0 Å². The monoisotopic (exact) mass is 400 g/mol. The first kappa shape index (κ1) is 15.4. The van der Waals surface area contributed by atoms with Gasteiger partial charge in [-0.25, -0.2) is 0 Å². The number of benzene rings is 2. The molecule has 0 unspecified atom stereocenters. The van der Waals surface area contributed by atoms with Crippen LogP contribution in [0.2, 0.25) is 0 Å². The molecule has 7 heteroatoms. The number of fused-ring (bicyclic) bond motifs is 1. The Labute approximate surface area is 151 Å². The normalized spacial score (nSPS) is 13.3. The zero-order valence-electron chi connectivity index (χ0n) is 12.8. The van der Waals surface area contributed by atoms with Gasteiger partial charge in [0.2, 0.25) is 5.16 Å². The molecule has 1 aliphatic rings. The number of thioether (sulfide) groups is 1. The second-order valence-corrected chi connectivity index (χ2v) is 6.96. The van der Waals surface area contributed by atoms with Crippen LogP contribution >= 0.6 is 27.7 Å². The van der Waals surface area contributed by atoms with Crippen LogP contribution in [0.4, 0.5) is 0 Å². The molecule has 0 amide bonds. The summed E-state index contributed by atoms with van der Waals surface area (Å²) in [7, 11) is 1.65. The molecule has 24 heavy (non-hydrogen) atoms. The van der Waals surface area contributed by atoms with Gasteiger partial charge < -0.3 is 4.74 Å². The molecule has 3 aromatic rings. The lowest BCUT2D eigenvalue weighted by atomic mass is 10.1. The first-order chi connectivity index (χ1) is 11.8. The quantitative estimate of drug-likeness (QED) is 0.664. The molecule has 2 heterocycles. The predicted octanol–water partition coefficient (Wildman–Crippen LogP) is 4.07. The van der Waals surface area contributed by atoms with Crippen molar-refractivity contribution in [2.24, 2.45) is 5.10 Å². The molecule has 0 N–H and O–H groups in total. The number of ether oxygens (including phenoxy) is 1. The Hall–Kier alpha value is -2.12. The number of nitrogens with zero attached hydrogens (tertiary/aromatic N) is 4. The summed E-state index contributed by atoms with van der Waals surface area (Å²) in [6.45, 7) is 0. The van der Waals surface area contributed by atoms with Crippen molar-refractivity contribution >= 4 is 33.4 Å². The fourth-order valence-corrected chi connectivity index (χ4v) is 3.82. The summed E-state index contributed by atoms with van der Waals surface area (Å²) < 4.78 is 8.05. The topological polar surface area (TPSA) is 52.3 Å². The van der Waals surface area contributed by atoms with Crippen LogP contribution in [-0.2, 0) is 0 Å². The van der Waals surface area contributed by atoms with E-state index in [-0.39, 0.29) is 0 Å². The minimum Gasteiger partial charge on any atom is -0.497 e. The third-order valence-electron chi connectivity index (χ3n) is 3.70. The highest BCUT2D eigenvalue weighted by Gasteiger charge is 2.21. The third-order valence-corrected chi connectivity index (χ3v) is 5.33. The highest BCUT2D eigenvalue weighted by atomic mass is 79.9. The molecular formula is C17H13BrN4OS. The summed E-state index contributed by atoms with van der Waals surface area (Å²) in [5.41, 5.74) is 3.03. The molecule has 120 valence electrons. The summed E-state index contributed by atoms with van der Waals surface area (Å²) in [5, 5.41) is 14.1. The summed E-state index contributed by atoms with van der Waals surface area (Å²) in [6.07, 6.45) is 0. The van der Waals surface area contributed by atoms with E-state index in [9.17, 15) is 0 Å². The first-order valence-corrected chi connectivity index (χ1v) is 9.09. The number of hydrogen-bond donors (Lipinski definition) is 0. The molecule has 0 bridgehead atoms. The molecule has 0 spiro atoms. The Balaban J connectivity index is 1.78. The van der Waals surface area contributed by atoms with Crippen molar-refractivity contribution < 1.29 is 4.74 Å². The molecule has 1 aliphatic heterocycles. The number of methoxy groups -OCH3 is 1. The number of rotatable bonds is 3. The molecular weight excluding hydrogens is 388 g/mol. The standard InChI is InChI=1S/C17H13BrN4OS/c1-23-12-8-6-11(7-9-12)16-19-20-17-22(16)21-15(10-24-17)13-4-2-3-5-14(13)18/h2-9H,10H2,1H3. The van der Waals surface area contributed by atoms with Crippen molar-refractivity contribution in [1.29, 1.82) is 0 Å². The Morgan fingerprint density at radius 2 is 1.88 bits per heavy atom. The summed E-state index contributed by atoms with van der Waals surface area (Å²) in [4.78, 5) is 0. The number of aromatic nitrogens is 3. The Morgan fingerprint density at radius 3 is 2.62 bits per heavy atom. The SMILES string of the molecule is COc1ccc(-c2nnc3n2N=C(c2ccccc2Br)CS3)cc1.